The number of aliphatic hydroxyl groups is 1. The maximum absolute atomic E-state index is 9.14. The average Bonchev–Trinajstić information content (AvgIpc) is 2.76. The number of piperidine rings is 1. The van der Waals surface area contributed by atoms with Crippen LogP contribution in [0.15, 0.2) is 54.6 Å². The Kier molecular flexibility index (Phi) is 7.17. The molecular formula is C24H36N3O2+3. The Morgan fingerprint density at radius 3 is 2.24 bits per heavy atom. The molecule has 0 spiro atoms. The summed E-state index contributed by atoms with van der Waals surface area (Å²) < 4.78 is 6.00. The first-order valence-corrected chi connectivity index (χ1v) is 11.2. The van der Waals surface area contributed by atoms with Gasteiger partial charge in [0.15, 0.2) is 0 Å². The number of hydrogen-bond donors (Lipinski definition) is 4. The molecule has 0 bridgehead atoms. The minimum absolute atomic E-state index is 0.323. The Bertz CT molecular complexity index is 739. The highest BCUT2D eigenvalue weighted by molar-refractivity contribution is 5.33. The summed E-state index contributed by atoms with van der Waals surface area (Å²) in [5, 5.41) is 9.14. The fraction of sp³-hybridized carbons (Fsp3) is 0.500. The molecule has 0 saturated carbocycles. The van der Waals surface area contributed by atoms with Crippen LogP contribution in [0.5, 0.6) is 11.5 Å². The molecule has 2 heterocycles. The molecule has 0 atom stereocenters. The number of rotatable bonds is 7. The zero-order valence-corrected chi connectivity index (χ0v) is 17.4. The van der Waals surface area contributed by atoms with E-state index in [1.165, 1.54) is 57.7 Å². The van der Waals surface area contributed by atoms with E-state index in [-0.39, 0.29) is 0 Å². The molecule has 4 rings (SSSR count). The molecule has 0 radical (unpaired) electrons. The van der Waals surface area contributed by atoms with Crippen LogP contribution < -0.4 is 19.4 Å². The third-order valence-corrected chi connectivity index (χ3v) is 6.67. The molecule has 0 aliphatic carbocycles. The van der Waals surface area contributed by atoms with Crippen molar-refractivity contribution in [3.63, 3.8) is 0 Å². The Labute approximate surface area is 174 Å². The molecule has 2 aromatic rings. The largest absolute Gasteiger partial charge is 0.457 e. The van der Waals surface area contributed by atoms with Crippen molar-refractivity contribution in [2.45, 2.75) is 25.4 Å². The number of aliphatic hydroxyl groups excluding tert-OH is 1. The SMILES string of the molecule is OCC[NH+]1CC[NH+](C2CC[NH+](Cc3cccc(Oc4ccccc4)c3)CC2)CC1. The zero-order chi connectivity index (χ0) is 19.9. The molecule has 2 aromatic carbocycles. The predicted octanol–water partition coefficient (Wildman–Crippen LogP) is -1.20. The molecule has 156 valence electrons. The molecule has 29 heavy (non-hydrogen) atoms. The number of benzene rings is 2. The summed E-state index contributed by atoms with van der Waals surface area (Å²) in [4.78, 5) is 5.09. The summed E-state index contributed by atoms with van der Waals surface area (Å²) in [6, 6.07) is 19.4. The lowest BCUT2D eigenvalue weighted by Crippen LogP contribution is -3.30. The molecule has 5 heteroatoms. The van der Waals surface area contributed by atoms with Crippen molar-refractivity contribution in [1.82, 2.24) is 0 Å². The first-order valence-electron chi connectivity index (χ1n) is 11.2. The second-order valence-electron chi connectivity index (χ2n) is 8.65. The molecule has 2 fully saturated rings. The van der Waals surface area contributed by atoms with Crippen LogP contribution in [0.2, 0.25) is 0 Å². The molecular weight excluding hydrogens is 362 g/mol. The molecule has 5 nitrogen and oxygen atoms in total. The smallest absolute Gasteiger partial charge is 0.127 e. The van der Waals surface area contributed by atoms with Gasteiger partial charge in [-0.1, -0.05) is 30.3 Å². The van der Waals surface area contributed by atoms with Crippen LogP contribution >= 0.6 is 0 Å². The Morgan fingerprint density at radius 2 is 1.52 bits per heavy atom. The van der Waals surface area contributed by atoms with E-state index < -0.39 is 0 Å². The molecule has 0 aromatic heterocycles. The van der Waals surface area contributed by atoms with E-state index in [1.807, 2.05) is 41.3 Å². The average molecular weight is 399 g/mol. The van der Waals surface area contributed by atoms with Crippen LogP contribution in [-0.2, 0) is 6.54 Å². The van der Waals surface area contributed by atoms with Crippen LogP contribution in [0.25, 0.3) is 0 Å². The van der Waals surface area contributed by atoms with Gasteiger partial charge in [-0.25, -0.2) is 0 Å². The van der Waals surface area contributed by atoms with Gasteiger partial charge in [0.2, 0.25) is 0 Å². The summed E-state index contributed by atoms with van der Waals surface area (Å²) in [5.41, 5.74) is 1.36. The Balaban J connectivity index is 1.24. The van der Waals surface area contributed by atoms with Crippen LogP contribution in [-0.4, -0.2) is 63.6 Å². The van der Waals surface area contributed by atoms with Gasteiger partial charge >= 0.3 is 0 Å². The lowest BCUT2D eigenvalue weighted by molar-refractivity contribution is -1.03. The number of quaternary nitrogens is 3. The van der Waals surface area contributed by atoms with Crippen molar-refractivity contribution in [2.24, 2.45) is 0 Å². The predicted molar refractivity (Wildman–Crippen MR) is 114 cm³/mol. The van der Waals surface area contributed by atoms with Crippen LogP contribution in [0, 0.1) is 0 Å². The quantitative estimate of drug-likeness (QED) is 0.474. The first-order chi connectivity index (χ1) is 14.3. The van der Waals surface area contributed by atoms with E-state index in [2.05, 4.69) is 18.2 Å². The highest BCUT2D eigenvalue weighted by Crippen LogP contribution is 2.21. The van der Waals surface area contributed by atoms with Gasteiger partial charge < -0.3 is 24.5 Å². The van der Waals surface area contributed by atoms with Gasteiger partial charge in [0.1, 0.15) is 50.8 Å². The van der Waals surface area contributed by atoms with E-state index in [4.69, 9.17) is 9.84 Å². The summed E-state index contributed by atoms with van der Waals surface area (Å²) in [6.45, 7) is 9.85. The van der Waals surface area contributed by atoms with Gasteiger partial charge in [0, 0.05) is 18.4 Å². The highest BCUT2D eigenvalue weighted by atomic mass is 16.5. The standard InChI is InChI=1S/C24H33N3O2/c28-18-17-25-13-15-27(16-14-25)22-9-11-26(12-10-22)20-21-5-4-8-24(19-21)29-23-6-2-1-3-7-23/h1-8,19,22,28H,9-18,20H2/p+3. The van der Waals surface area contributed by atoms with E-state index in [0.717, 1.165) is 30.6 Å². The number of ether oxygens (including phenoxy) is 1. The lowest BCUT2D eigenvalue weighted by atomic mass is 10.0. The van der Waals surface area contributed by atoms with Crippen molar-refractivity contribution < 1.29 is 24.5 Å². The number of nitrogens with one attached hydrogen (secondary N) is 3. The van der Waals surface area contributed by atoms with Crippen molar-refractivity contribution >= 4 is 0 Å². The molecule has 2 saturated heterocycles. The van der Waals surface area contributed by atoms with E-state index in [9.17, 15) is 0 Å². The lowest BCUT2D eigenvalue weighted by Gasteiger charge is -2.37. The molecule has 4 N–H and O–H groups in total. The van der Waals surface area contributed by atoms with Crippen molar-refractivity contribution in [2.75, 3.05) is 52.4 Å². The Morgan fingerprint density at radius 1 is 0.793 bits per heavy atom. The molecule has 2 aliphatic rings. The highest BCUT2D eigenvalue weighted by Gasteiger charge is 2.33. The molecule has 2 aliphatic heterocycles. The third-order valence-electron chi connectivity index (χ3n) is 6.67. The van der Waals surface area contributed by atoms with Crippen molar-refractivity contribution in [1.29, 1.82) is 0 Å². The van der Waals surface area contributed by atoms with E-state index in [1.54, 1.807) is 9.80 Å². The van der Waals surface area contributed by atoms with Gasteiger partial charge in [0.25, 0.3) is 0 Å². The maximum atomic E-state index is 9.14. The second-order valence-corrected chi connectivity index (χ2v) is 8.65. The zero-order valence-electron chi connectivity index (χ0n) is 17.4. The normalized spacial score (nSPS) is 27.5. The van der Waals surface area contributed by atoms with Gasteiger partial charge in [-0.05, 0) is 24.3 Å². The van der Waals surface area contributed by atoms with Gasteiger partial charge in [-0.3, -0.25) is 0 Å². The summed E-state index contributed by atoms with van der Waals surface area (Å²) >= 11 is 0. The third kappa shape index (κ3) is 5.80. The van der Waals surface area contributed by atoms with Crippen molar-refractivity contribution in [3.05, 3.63) is 60.2 Å². The summed E-state index contributed by atoms with van der Waals surface area (Å²) in [6.07, 6.45) is 2.67. The van der Waals surface area contributed by atoms with E-state index >= 15 is 0 Å². The first kappa shape index (κ1) is 20.4. The molecule has 0 unspecified atom stereocenters. The summed E-state index contributed by atoms with van der Waals surface area (Å²) in [7, 11) is 0. The van der Waals surface area contributed by atoms with Crippen LogP contribution in [0.3, 0.4) is 0 Å². The fourth-order valence-corrected chi connectivity index (χ4v) is 4.98. The summed E-state index contributed by atoms with van der Waals surface area (Å²) in [5.74, 6) is 1.82. The van der Waals surface area contributed by atoms with Gasteiger partial charge in [-0.15, -0.1) is 0 Å². The maximum Gasteiger partial charge on any atom is 0.127 e. The van der Waals surface area contributed by atoms with E-state index in [0.29, 0.717) is 6.61 Å². The minimum atomic E-state index is 0.323. The number of likely N-dealkylation sites (tertiary alicyclic amines) is 1. The monoisotopic (exact) mass is 398 g/mol. The number of hydrogen-bond acceptors (Lipinski definition) is 2. The topological polar surface area (TPSA) is 42.8 Å². The minimum Gasteiger partial charge on any atom is -0.457 e. The second kappa shape index (κ2) is 10.2. The number of piperazine rings is 1. The Hall–Kier alpha value is -1.92. The van der Waals surface area contributed by atoms with Gasteiger partial charge in [0.05, 0.1) is 25.7 Å². The van der Waals surface area contributed by atoms with Crippen molar-refractivity contribution in [3.8, 4) is 11.5 Å². The van der Waals surface area contributed by atoms with Gasteiger partial charge in [-0.2, -0.15) is 0 Å². The number of para-hydroxylation sites is 1. The molecule has 0 amide bonds. The van der Waals surface area contributed by atoms with Crippen LogP contribution in [0.4, 0.5) is 0 Å². The fourth-order valence-electron chi connectivity index (χ4n) is 4.98. The van der Waals surface area contributed by atoms with Crippen LogP contribution in [0.1, 0.15) is 18.4 Å².